The topological polar surface area (TPSA) is 61.4 Å². The van der Waals surface area contributed by atoms with Gasteiger partial charge in [-0.1, -0.05) is 23.2 Å². The first-order valence-corrected chi connectivity index (χ1v) is 7.44. The lowest BCUT2D eigenvalue weighted by molar-refractivity contribution is -0.129. The van der Waals surface area contributed by atoms with Crippen LogP contribution in [0.15, 0.2) is 18.2 Å². The van der Waals surface area contributed by atoms with Crippen LogP contribution in [0.1, 0.15) is 20.3 Å². The third-order valence-corrected chi connectivity index (χ3v) is 3.84. The van der Waals surface area contributed by atoms with Crippen LogP contribution in [0.2, 0.25) is 10.0 Å². The van der Waals surface area contributed by atoms with Crippen molar-refractivity contribution in [2.75, 3.05) is 11.9 Å². The first-order chi connectivity index (χ1) is 9.86. The van der Waals surface area contributed by atoms with Crippen molar-refractivity contribution in [3.05, 3.63) is 28.2 Å². The van der Waals surface area contributed by atoms with Gasteiger partial charge in [-0.15, -0.1) is 0 Å². The molecule has 2 rings (SSSR count). The van der Waals surface area contributed by atoms with Gasteiger partial charge in [-0.25, -0.2) is 4.79 Å². The Bertz CT molecular complexity index is 563. The maximum atomic E-state index is 11.9. The van der Waals surface area contributed by atoms with Crippen molar-refractivity contribution in [2.24, 2.45) is 0 Å². The average Bonchev–Trinajstić information content (AvgIpc) is 2.74. The first-order valence-electron chi connectivity index (χ1n) is 6.69. The van der Waals surface area contributed by atoms with E-state index in [1.54, 1.807) is 23.1 Å². The van der Waals surface area contributed by atoms with Crippen LogP contribution in [-0.2, 0) is 4.79 Å². The highest BCUT2D eigenvalue weighted by Crippen LogP contribution is 2.25. The molecular weight excluding hydrogens is 313 g/mol. The number of likely N-dealkylation sites (tertiary alicyclic amines) is 1. The molecule has 1 aliphatic rings. The SMILES string of the molecule is CC(C)N1CC(NC(=O)Nc2ccc(Cl)cc2Cl)CC1=O. The van der Waals surface area contributed by atoms with Crippen molar-refractivity contribution in [3.8, 4) is 0 Å². The van der Waals surface area contributed by atoms with E-state index in [2.05, 4.69) is 10.6 Å². The highest BCUT2D eigenvalue weighted by atomic mass is 35.5. The summed E-state index contributed by atoms with van der Waals surface area (Å²) in [5.74, 6) is 0.0554. The lowest BCUT2D eigenvalue weighted by Gasteiger charge is -2.21. The second kappa shape index (κ2) is 6.54. The number of nitrogens with zero attached hydrogens (tertiary/aromatic N) is 1. The standard InChI is InChI=1S/C14H17Cl2N3O2/c1-8(2)19-7-10(6-13(19)20)17-14(21)18-12-4-3-9(15)5-11(12)16/h3-5,8,10H,6-7H2,1-2H3,(H2,17,18,21). The predicted molar refractivity (Wildman–Crippen MR) is 83.9 cm³/mol. The first kappa shape index (κ1) is 15.9. The quantitative estimate of drug-likeness (QED) is 0.894. The highest BCUT2D eigenvalue weighted by molar-refractivity contribution is 6.36. The monoisotopic (exact) mass is 329 g/mol. The molecule has 21 heavy (non-hydrogen) atoms. The highest BCUT2D eigenvalue weighted by Gasteiger charge is 2.31. The Hall–Kier alpha value is -1.46. The fourth-order valence-corrected chi connectivity index (χ4v) is 2.72. The van der Waals surface area contributed by atoms with E-state index in [0.29, 0.717) is 28.7 Å². The van der Waals surface area contributed by atoms with Crippen LogP contribution < -0.4 is 10.6 Å². The molecule has 1 aromatic rings. The minimum Gasteiger partial charge on any atom is -0.338 e. The minimum absolute atomic E-state index is 0.0554. The Morgan fingerprint density at radius 2 is 2.10 bits per heavy atom. The Labute approximate surface area is 133 Å². The van der Waals surface area contributed by atoms with Gasteiger partial charge in [0.2, 0.25) is 5.91 Å². The second-order valence-electron chi connectivity index (χ2n) is 5.26. The molecule has 1 aromatic carbocycles. The lowest BCUT2D eigenvalue weighted by Crippen LogP contribution is -2.40. The van der Waals surface area contributed by atoms with E-state index in [0.717, 1.165) is 0 Å². The van der Waals surface area contributed by atoms with Crippen LogP contribution in [0.3, 0.4) is 0 Å². The number of benzene rings is 1. The summed E-state index contributed by atoms with van der Waals surface area (Å²) in [5.41, 5.74) is 0.476. The summed E-state index contributed by atoms with van der Waals surface area (Å²) in [4.78, 5) is 25.5. The third-order valence-electron chi connectivity index (χ3n) is 3.30. The number of anilines is 1. The molecule has 5 nitrogen and oxygen atoms in total. The Morgan fingerprint density at radius 1 is 1.38 bits per heavy atom. The van der Waals surface area contributed by atoms with Crippen LogP contribution in [-0.4, -0.2) is 35.5 Å². The van der Waals surface area contributed by atoms with Gasteiger partial charge in [0.1, 0.15) is 0 Å². The van der Waals surface area contributed by atoms with Crippen LogP contribution in [0.4, 0.5) is 10.5 Å². The summed E-state index contributed by atoms with van der Waals surface area (Å²) < 4.78 is 0. The molecular formula is C14H17Cl2N3O2. The van der Waals surface area contributed by atoms with E-state index in [9.17, 15) is 9.59 Å². The molecule has 0 spiro atoms. The van der Waals surface area contributed by atoms with Crippen molar-refractivity contribution in [3.63, 3.8) is 0 Å². The predicted octanol–water partition coefficient (Wildman–Crippen LogP) is 3.12. The van der Waals surface area contributed by atoms with Gasteiger partial charge in [-0.3, -0.25) is 4.79 Å². The third kappa shape index (κ3) is 4.02. The van der Waals surface area contributed by atoms with E-state index in [1.165, 1.54) is 0 Å². The minimum atomic E-state index is -0.386. The molecule has 3 amide bonds. The molecule has 0 saturated carbocycles. The number of nitrogens with one attached hydrogen (secondary N) is 2. The molecule has 2 N–H and O–H groups in total. The average molecular weight is 330 g/mol. The van der Waals surface area contributed by atoms with Crippen molar-refractivity contribution in [1.82, 2.24) is 10.2 Å². The number of carbonyl (C=O) groups is 2. The van der Waals surface area contributed by atoms with Crippen molar-refractivity contribution in [2.45, 2.75) is 32.4 Å². The number of hydrogen-bond acceptors (Lipinski definition) is 2. The van der Waals surface area contributed by atoms with Gasteiger partial charge in [-0.2, -0.15) is 0 Å². The lowest BCUT2D eigenvalue weighted by atomic mass is 10.2. The smallest absolute Gasteiger partial charge is 0.319 e. The molecule has 0 bridgehead atoms. The number of rotatable bonds is 3. The largest absolute Gasteiger partial charge is 0.338 e. The van der Waals surface area contributed by atoms with Gasteiger partial charge < -0.3 is 15.5 Å². The summed E-state index contributed by atoms with van der Waals surface area (Å²) >= 11 is 11.8. The number of hydrogen-bond donors (Lipinski definition) is 2. The number of amides is 3. The molecule has 1 atom stereocenters. The van der Waals surface area contributed by atoms with E-state index in [-0.39, 0.29) is 24.0 Å². The van der Waals surface area contributed by atoms with Crippen molar-refractivity contribution < 1.29 is 9.59 Å². The molecule has 114 valence electrons. The van der Waals surface area contributed by atoms with E-state index in [4.69, 9.17) is 23.2 Å². The second-order valence-corrected chi connectivity index (χ2v) is 6.11. The summed E-state index contributed by atoms with van der Waals surface area (Å²) in [6.07, 6.45) is 0.319. The van der Waals surface area contributed by atoms with Gasteiger partial charge in [0.25, 0.3) is 0 Å². The van der Waals surface area contributed by atoms with Crippen molar-refractivity contribution in [1.29, 1.82) is 0 Å². The van der Waals surface area contributed by atoms with Crippen molar-refractivity contribution >= 4 is 40.8 Å². The molecule has 0 radical (unpaired) electrons. The Balaban J connectivity index is 1.92. The maximum Gasteiger partial charge on any atom is 0.319 e. The fourth-order valence-electron chi connectivity index (χ4n) is 2.26. The summed E-state index contributed by atoms with van der Waals surface area (Å²) in [6, 6.07) is 4.39. The molecule has 1 fully saturated rings. The zero-order valence-corrected chi connectivity index (χ0v) is 13.3. The molecule has 1 saturated heterocycles. The zero-order valence-electron chi connectivity index (χ0n) is 11.8. The zero-order chi connectivity index (χ0) is 15.6. The van der Waals surface area contributed by atoms with E-state index < -0.39 is 0 Å². The van der Waals surface area contributed by atoms with E-state index in [1.807, 2.05) is 13.8 Å². The molecule has 7 heteroatoms. The maximum absolute atomic E-state index is 11.9. The summed E-state index contributed by atoms with van der Waals surface area (Å²) in [7, 11) is 0. The molecule has 0 aliphatic carbocycles. The van der Waals surface area contributed by atoms with Gasteiger partial charge in [0.15, 0.2) is 0 Å². The van der Waals surface area contributed by atoms with Gasteiger partial charge in [0.05, 0.1) is 16.8 Å². The van der Waals surface area contributed by atoms with Gasteiger partial charge in [-0.05, 0) is 32.0 Å². The van der Waals surface area contributed by atoms with Gasteiger partial charge in [0, 0.05) is 24.0 Å². The van der Waals surface area contributed by atoms with Gasteiger partial charge >= 0.3 is 6.03 Å². The van der Waals surface area contributed by atoms with E-state index >= 15 is 0 Å². The van der Waals surface area contributed by atoms with Crippen LogP contribution in [0, 0.1) is 0 Å². The normalized spacial score (nSPS) is 18.2. The molecule has 1 heterocycles. The van der Waals surface area contributed by atoms with Crippen LogP contribution in [0.5, 0.6) is 0 Å². The molecule has 1 aliphatic heterocycles. The number of carbonyl (C=O) groups excluding carboxylic acids is 2. The molecule has 0 aromatic heterocycles. The summed E-state index contributed by atoms with van der Waals surface area (Å²) in [5, 5.41) is 6.30. The Morgan fingerprint density at radius 3 is 2.67 bits per heavy atom. The fraction of sp³-hybridized carbons (Fsp3) is 0.429. The number of urea groups is 1. The summed E-state index contributed by atoms with van der Waals surface area (Å²) in [6.45, 7) is 4.43. The Kier molecular flexibility index (Phi) is 4.96. The van der Waals surface area contributed by atoms with Crippen LogP contribution in [0.25, 0.3) is 0 Å². The molecule has 1 unspecified atom stereocenters. The number of halogens is 2. The van der Waals surface area contributed by atoms with Crippen LogP contribution >= 0.6 is 23.2 Å².